The first-order valence-electron chi connectivity index (χ1n) is 19.9. The standard InChI is InChI=1S/C27H43NOS2.C18H28N2O4/c1-4-5-6-7-8-9-10-11-12-13-14-15-16-17-18-19-20-21-22-23-27(29)28-24-25-30-31-26(2)3;1-12(2)8-14-4-6-15(7-5-14)13(3)18(24)19-9-17(23)20-16(10-21)11-22/h5-6,8-9,11-12,14-15,17-18,20-21,26H,4,7,10,13,16,19,22-25H2,1-3H3,(H,28,29);4-7,12-13,16,21-22H,8-11H2,1-3H3,(H,19,24)(H,20,23)/b6-5-,9-8-,12-11-,15-14-,18-17-,21-20-;. The summed E-state index contributed by atoms with van der Waals surface area (Å²) in [5.74, 6) is 0.639. The van der Waals surface area contributed by atoms with E-state index in [0.29, 0.717) is 17.6 Å². The van der Waals surface area contributed by atoms with Crippen LogP contribution >= 0.6 is 21.6 Å². The molecule has 1 unspecified atom stereocenters. The van der Waals surface area contributed by atoms with E-state index in [-0.39, 0.29) is 37.5 Å². The van der Waals surface area contributed by atoms with Crippen molar-refractivity contribution in [2.24, 2.45) is 5.92 Å². The van der Waals surface area contributed by atoms with Gasteiger partial charge in [-0.2, -0.15) is 0 Å². The molecule has 0 spiro atoms. The summed E-state index contributed by atoms with van der Waals surface area (Å²) in [6.45, 7) is 12.5. The molecule has 0 aliphatic heterocycles. The van der Waals surface area contributed by atoms with Crippen LogP contribution in [0.25, 0.3) is 0 Å². The lowest BCUT2D eigenvalue weighted by Gasteiger charge is -2.16. The Labute approximate surface area is 341 Å². The van der Waals surface area contributed by atoms with Gasteiger partial charge in [0.25, 0.3) is 0 Å². The highest BCUT2D eigenvalue weighted by atomic mass is 33.1. The Balaban J connectivity index is 0.00000109. The van der Waals surface area contributed by atoms with Gasteiger partial charge in [0, 0.05) is 24.0 Å². The molecule has 308 valence electrons. The number of hydrogen-bond acceptors (Lipinski definition) is 7. The molecule has 0 fully saturated rings. The van der Waals surface area contributed by atoms with Gasteiger partial charge in [-0.25, -0.2) is 0 Å². The van der Waals surface area contributed by atoms with E-state index in [0.717, 1.165) is 69.2 Å². The number of aliphatic hydroxyl groups is 2. The zero-order chi connectivity index (χ0) is 40.9. The fraction of sp³-hybridized carbons (Fsp3) is 0.533. The number of benzene rings is 1. The molecule has 10 heteroatoms. The van der Waals surface area contributed by atoms with Crippen LogP contribution in [0.15, 0.2) is 97.2 Å². The second kappa shape index (κ2) is 36.3. The minimum absolute atomic E-state index is 0.148. The Morgan fingerprint density at radius 1 is 0.691 bits per heavy atom. The Kier molecular flexibility index (Phi) is 34.1. The van der Waals surface area contributed by atoms with E-state index < -0.39 is 11.9 Å². The minimum Gasteiger partial charge on any atom is -0.394 e. The van der Waals surface area contributed by atoms with Gasteiger partial charge in [0.2, 0.25) is 17.7 Å². The summed E-state index contributed by atoms with van der Waals surface area (Å²) in [5.41, 5.74) is 2.13. The summed E-state index contributed by atoms with van der Waals surface area (Å²) in [4.78, 5) is 35.5. The third kappa shape index (κ3) is 32.6. The molecule has 0 saturated carbocycles. The van der Waals surface area contributed by atoms with E-state index in [1.165, 1.54) is 5.56 Å². The lowest BCUT2D eigenvalue weighted by atomic mass is 9.96. The van der Waals surface area contributed by atoms with E-state index in [1.54, 1.807) is 6.92 Å². The van der Waals surface area contributed by atoms with Crippen LogP contribution in [0.3, 0.4) is 0 Å². The molecule has 0 saturated heterocycles. The summed E-state index contributed by atoms with van der Waals surface area (Å²) in [7, 11) is 3.68. The quantitative estimate of drug-likeness (QED) is 0.0326. The summed E-state index contributed by atoms with van der Waals surface area (Å²) in [6, 6.07) is 7.23. The van der Waals surface area contributed by atoms with Gasteiger partial charge in [0.1, 0.15) is 0 Å². The highest BCUT2D eigenvalue weighted by molar-refractivity contribution is 8.76. The van der Waals surface area contributed by atoms with Gasteiger partial charge < -0.3 is 26.2 Å². The number of carbonyl (C=O) groups excluding carboxylic acids is 3. The molecule has 1 rings (SSSR count). The van der Waals surface area contributed by atoms with Crippen molar-refractivity contribution in [2.75, 3.05) is 32.1 Å². The number of amides is 3. The van der Waals surface area contributed by atoms with Crippen LogP contribution in [0.1, 0.15) is 110 Å². The smallest absolute Gasteiger partial charge is 0.239 e. The predicted octanol–water partition coefficient (Wildman–Crippen LogP) is 8.94. The Morgan fingerprint density at radius 2 is 1.20 bits per heavy atom. The van der Waals surface area contributed by atoms with Gasteiger partial charge in [0.15, 0.2) is 0 Å². The van der Waals surface area contributed by atoms with Crippen molar-refractivity contribution in [3.63, 3.8) is 0 Å². The van der Waals surface area contributed by atoms with Gasteiger partial charge >= 0.3 is 0 Å². The molecule has 0 bridgehead atoms. The third-order valence-electron chi connectivity index (χ3n) is 7.65. The second-order valence-corrected chi connectivity index (χ2v) is 16.7. The van der Waals surface area contributed by atoms with Gasteiger partial charge in [-0.3, -0.25) is 14.4 Å². The molecule has 1 aromatic rings. The van der Waals surface area contributed by atoms with Crippen molar-refractivity contribution >= 4 is 39.3 Å². The van der Waals surface area contributed by atoms with Crippen molar-refractivity contribution in [2.45, 2.75) is 117 Å². The average Bonchev–Trinajstić information content (AvgIpc) is 3.16. The van der Waals surface area contributed by atoms with E-state index in [1.807, 2.05) is 45.9 Å². The molecule has 0 aromatic heterocycles. The maximum absolute atomic E-state index is 12.1. The van der Waals surface area contributed by atoms with Gasteiger partial charge in [-0.15, -0.1) is 0 Å². The van der Waals surface area contributed by atoms with Crippen LogP contribution < -0.4 is 16.0 Å². The number of hydrogen-bond donors (Lipinski definition) is 5. The van der Waals surface area contributed by atoms with Crippen molar-refractivity contribution < 1.29 is 24.6 Å². The fourth-order valence-electron chi connectivity index (χ4n) is 4.67. The molecule has 1 atom stereocenters. The van der Waals surface area contributed by atoms with Crippen LogP contribution in [0.4, 0.5) is 0 Å². The van der Waals surface area contributed by atoms with Gasteiger partial charge in [-0.05, 0) is 75.3 Å². The number of carbonyl (C=O) groups is 3. The predicted molar refractivity (Wildman–Crippen MR) is 238 cm³/mol. The van der Waals surface area contributed by atoms with E-state index >= 15 is 0 Å². The molecule has 8 nitrogen and oxygen atoms in total. The number of aliphatic hydroxyl groups excluding tert-OH is 2. The molecule has 0 heterocycles. The Morgan fingerprint density at radius 3 is 1.67 bits per heavy atom. The maximum Gasteiger partial charge on any atom is 0.239 e. The molecule has 55 heavy (non-hydrogen) atoms. The van der Waals surface area contributed by atoms with Crippen LogP contribution in [0, 0.1) is 5.92 Å². The Hall–Kier alpha value is -3.31. The van der Waals surface area contributed by atoms with Crippen molar-refractivity contribution in [1.82, 2.24) is 16.0 Å². The summed E-state index contributed by atoms with van der Waals surface area (Å²) < 4.78 is 0. The van der Waals surface area contributed by atoms with E-state index in [2.05, 4.69) is 123 Å². The van der Waals surface area contributed by atoms with E-state index in [9.17, 15) is 14.4 Å². The lowest BCUT2D eigenvalue weighted by Crippen LogP contribution is -2.45. The maximum atomic E-state index is 12.1. The molecule has 0 radical (unpaired) electrons. The van der Waals surface area contributed by atoms with Crippen LogP contribution in [-0.4, -0.2) is 71.3 Å². The molecule has 3 amide bonds. The van der Waals surface area contributed by atoms with E-state index in [4.69, 9.17) is 10.2 Å². The van der Waals surface area contributed by atoms with Crippen LogP contribution in [-0.2, 0) is 20.8 Å². The number of rotatable bonds is 28. The molecular weight excluding hydrogens is 727 g/mol. The molecular formula is C45H71N3O5S2. The van der Waals surface area contributed by atoms with Gasteiger partial charge in [-0.1, -0.05) is 153 Å². The highest BCUT2D eigenvalue weighted by Crippen LogP contribution is 2.25. The monoisotopic (exact) mass is 797 g/mol. The van der Waals surface area contributed by atoms with Crippen LogP contribution in [0.2, 0.25) is 0 Å². The van der Waals surface area contributed by atoms with Crippen molar-refractivity contribution in [3.8, 4) is 0 Å². The summed E-state index contributed by atoms with van der Waals surface area (Å²) >= 11 is 0. The zero-order valence-electron chi connectivity index (χ0n) is 34.4. The first-order chi connectivity index (χ1) is 26.5. The van der Waals surface area contributed by atoms with Gasteiger partial charge in [0.05, 0.1) is 31.7 Å². The lowest BCUT2D eigenvalue weighted by molar-refractivity contribution is -0.127. The third-order valence-corrected chi connectivity index (χ3v) is 10.6. The largest absolute Gasteiger partial charge is 0.394 e. The first-order valence-corrected chi connectivity index (χ1v) is 22.2. The fourth-order valence-corrected chi connectivity index (χ4v) is 6.58. The normalized spacial score (nSPS) is 12.6. The Bertz CT molecular complexity index is 1320. The zero-order valence-corrected chi connectivity index (χ0v) is 36.0. The molecule has 5 N–H and O–H groups in total. The topological polar surface area (TPSA) is 128 Å². The van der Waals surface area contributed by atoms with Crippen molar-refractivity contribution in [1.29, 1.82) is 0 Å². The molecule has 0 aliphatic rings. The first kappa shape index (κ1) is 51.7. The van der Waals surface area contributed by atoms with Crippen LogP contribution in [0.5, 0.6) is 0 Å². The number of allylic oxidation sites excluding steroid dienone is 12. The molecule has 0 aliphatic carbocycles. The molecule has 1 aromatic carbocycles. The SMILES string of the molecule is CC(C)Cc1ccc(C(C)C(=O)NCC(=O)NC(CO)CO)cc1.CC/C=C\C/C=C\C/C=C\C/C=C\C/C=C\C/C=C\CCC(=O)NCCSSC(C)C. The summed E-state index contributed by atoms with van der Waals surface area (Å²) in [5, 5.41) is 26.4. The second-order valence-electron chi connectivity index (χ2n) is 13.7. The number of nitrogens with one attached hydrogen (secondary N) is 3. The van der Waals surface area contributed by atoms with Crippen molar-refractivity contribution in [3.05, 3.63) is 108 Å². The highest BCUT2D eigenvalue weighted by Gasteiger charge is 2.17. The average molecular weight is 798 g/mol. The summed E-state index contributed by atoms with van der Waals surface area (Å²) in [6.07, 6.45) is 34.7. The minimum atomic E-state index is -0.708.